The van der Waals surface area contributed by atoms with E-state index in [0.29, 0.717) is 5.01 Å². The molecule has 1 atom stereocenters. The Morgan fingerprint density at radius 2 is 2.00 bits per heavy atom. The fourth-order valence-electron chi connectivity index (χ4n) is 1.93. The molecule has 4 nitrogen and oxygen atoms in total. The molecule has 2 heterocycles. The van der Waals surface area contributed by atoms with Crippen molar-refractivity contribution in [2.75, 3.05) is 0 Å². The highest BCUT2D eigenvalue weighted by atomic mass is 32.1. The Morgan fingerprint density at radius 1 is 1.21 bits per heavy atom. The first-order valence-corrected chi connectivity index (χ1v) is 6.80. The SMILES string of the molecule is Cn1nccc1-c1csc(C(O)c2ccccc2)n1. The van der Waals surface area contributed by atoms with Crippen LogP contribution in [-0.2, 0) is 7.05 Å². The standard InChI is InChI=1S/C14H13N3OS/c1-17-12(7-8-15-17)11-9-19-14(16-11)13(18)10-5-3-2-4-6-10/h2-9,13,18H,1H3. The average Bonchev–Trinajstić information content (AvgIpc) is 3.07. The highest BCUT2D eigenvalue weighted by molar-refractivity contribution is 7.10. The van der Waals surface area contributed by atoms with E-state index in [-0.39, 0.29) is 0 Å². The van der Waals surface area contributed by atoms with Gasteiger partial charge < -0.3 is 5.11 Å². The number of rotatable bonds is 3. The molecule has 3 rings (SSSR count). The summed E-state index contributed by atoms with van der Waals surface area (Å²) >= 11 is 1.46. The lowest BCUT2D eigenvalue weighted by molar-refractivity contribution is 0.220. The van der Waals surface area contributed by atoms with Crippen molar-refractivity contribution in [1.82, 2.24) is 14.8 Å². The van der Waals surface area contributed by atoms with Crippen molar-refractivity contribution >= 4 is 11.3 Å². The second-order valence-electron chi connectivity index (χ2n) is 4.22. The largest absolute Gasteiger partial charge is 0.381 e. The van der Waals surface area contributed by atoms with Crippen LogP contribution in [0.4, 0.5) is 0 Å². The summed E-state index contributed by atoms with van der Waals surface area (Å²) in [5, 5.41) is 17.1. The van der Waals surface area contributed by atoms with Gasteiger partial charge in [0.15, 0.2) is 0 Å². The van der Waals surface area contributed by atoms with E-state index in [4.69, 9.17) is 0 Å². The van der Waals surface area contributed by atoms with Crippen molar-refractivity contribution < 1.29 is 5.11 Å². The van der Waals surface area contributed by atoms with Gasteiger partial charge in [-0.25, -0.2) is 4.98 Å². The van der Waals surface area contributed by atoms with Crippen LogP contribution in [0.25, 0.3) is 11.4 Å². The fraction of sp³-hybridized carbons (Fsp3) is 0.143. The fourth-order valence-corrected chi connectivity index (χ4v) is 2.76. The molecule has 96 valence electrons. The first-order chi connectivity index (χ1) is 9.25. The maximum atomic E-state index is 10.3. The number of hydrogen-bond donors (Lipinski definition) is 1. The predicted molar refractivity (Wildman–Crippen MR) is 74.8 cm³/mol. The summed E-state index contributed by atoms with van der Waals surface area (Å²) < 4.78 is 1.77. The third-order valence-corrected chi connectivity index (χ3v) is 3.85. The minimum atomic E-state index is -0.673. The van der Waals surface area contributed by atoms with Crippen LogP contribution >= 0.6 is 11.3 Å². The lowest BCUT2D eigenvalue weighted by atomic mass is 10.1. The topological polar surface area (TPSA) is 50.9 Å². The number of nitrogens with zero attached hydrogens (tertiary/aromatic N) is 3. The molecule has 19 heavy (non-hydrogen) atoms. The lowest BCUT2D eigenvalue weighted by Gasteiger charge is -2.06. The van der Waals surface area contributed by atoms with Gasteiger partial charge >= 0.3 is 0 Å². The number of aliphatic hydroxyl groups excluding tert-OH is 1. The van der Waals surface area contributed by atoms with E-state index in [0.717, 1.165) is 17.0 Å². The van der Waals surface area contributed by atoms with Crippen molar-refractivity contribution in [2.45, 2.75) is 6.10 Å². The Kier molecular flexibility index (Phi) is 3.15. The zero-order valence-corrected chi connectivity index (χ0v) is 11.2. The third kappa shape index (κ3) is 2.30. The van der Waals surface area contributed by atoms with Gasteiger partial charge in [-0.05, 0) is 11.6 Å². The van der Waals surface area contributed by atoms with Gasteiger partial charge in [0, 0.05) is 18.6 Å². The maximum absolute atomic E-state index is 10.3. The molecule has 0 radical (unpaired) electrons. The number of aryl methyl sites for hydroxylation is 1. The smallest absolute Gasteiger partial charge is 0.131 e. The molecule has 0 spiro atoms. The number of aromatic nitrogens is 3. The van der Waals surface area contributed by atoms with E-state index < -0.39 is 6.10 Å². The Labute approximate surface area is 115 Å². The van der Waals surface area contributed by atoms with Crippen LogP contribution in [0.1, 0.15) is 16.7 Å². The molecule has 3 aromatic rings. The van der Waals surface area contributed by atoms with Crippen LogP contribution in [0, 0.1) is 0 Å². The summed E-state index contributed by atoms with van der Waals surface area (Å²) in [6, 6.07) is 11.5. The summed E-state index contributed by atoms with van der Waals surface area (Å²) in [5.74, 6) is 0. The quantitative estimate of drug-likeness (QED) is 0.796. The molecule has 0 saturated heterocycles. The first kappa shape index (κ1) is 12.1. The zero-order chi connectivity index (χ0) is 13.2. The molecule has 0 fully saturated rings. The molecule has 0 saturated carbocycles. The van der Waals surface area contributed by atoms with Gasteiger partial charge in [-0.2, -0.15) is 5.10 Å². The molecular weight excluding hydrogens is 258 g/mol. The summed E-state index contributed by atoms with van der Waals surface area (Å²) in [7, 11) is 1.88. The molecule has 2 aromatic heterocycles. The zero-order valence-electron chi connectivity index (χ0n) is 10.4. The summed E-state index contributed by atoms with van der Waals surface area (Å²) in [5.41, 5.74) is 2.64. The molecule has 0 bridgehead atoms. The number of benzene rings is 1. The van der Waals surface area contributed by atoms with E-state index in [2.05, 4.69) is 10.1 Å². The highest BCUT2D eigenvalue weighted by Crippen LogP contribution is 2.28. The van der Waals surface area contributed by atoms with Crippen LogP contribution in [0.2, 0.25) is 0 Å². The molecule has 0 aliphatic rings. The van der Waals surface area contributed by atoms with Crippen molar-refractivity contribution in [3.63, 3.8) is 0 Å². The van der Waals surface area contributed by atoms with Crippen LogP contribution in [0.15, 0.2) is 48.0 Å². The minimum absolute atomic E-state index is 0.673. The summed E-state index contributed by atoms with van der Waals surface area (Å²) in [6.45, 7) is 0. The number of hydrogen-bond acceptors (Lipinski definition) is 4. The van der Waals surface area contributed by atoms with E-state index >= 15 is 0 Å². The van der Waals surface area contributed by atoms with Gasteiger partial charge in [-0.3, -0.25) is 4.68 Å². The average molecular weight is 271 g/mol. The molecule has 0 aliphatic carbocycles. The number of aliphatic hydroxyl groups is 1. The van der Waals surface area contributed by atoms with Gasteiger partial charge in [0.25, 0.3) is 0 Å². The lowest BCUT2D eigenvalue weighted by Crippen LogP contribution is -1.99. The second kappa shape index (κ2) is 4.95. The molecular formula is C14H13N3OS. The van der Waals surface area contributed by atoms with Gasteiger partial charge in [0.1, 0.15) is 11.1 Å². The molecule has 0 aliphatic heterocycles. The predicted octanol–water partition coefficient (Wildman–Crippen LogP) is 2.63. The van der Waals surface area contributed by atoms with Gasteiger partial charge in [-0.15, -0.1) is 11.3 Å². The van der Waals surface area contributed by atoms with Crippen molar-refractivity contribution in [1.29, 1.82) is 0 Å². The maximum Gasteiger partial charge on any atom is 0.131 e. The van der Waals surface area contributed by atoms with Gasteiger partial charge in [-0.1, -0.05) is 30.3 Å². The Morgan fingerprint density at radius 3 is 2.68 bits per heavy atom. The minimum Gasteiger partial charge on any atom is -0.381 e. The van der Waals surface area contributed by atoms with Crippen molar-refractivity contribution in [2.24, 2.45) is 7.05 Å². The van der Waals surface area contributed by atoms with Crippen molar-refractivity contribution in [3.05, 3.63) is 58.5 Å². The Balaban J connectivity index is 1.92. The highest BCUT2D eigenvalue weighted by Gasteiger charge is 2.15. The Bertz CT molecular complexity index is 675. The summed E-state index contributed by atoms with van der Waals surface area (Å²) in [6.07, 6.45) is 1.07. The van der Waals surface area contributed by atoms with Gasteiger partial charge in [0.05, 0.1) is 11.4 Å². The molecule has 0 amide bonds. The van der Waals surface area contributed by atoms with Crippen LogP contribution in [-0.4, -0.2) is 19.9 Å². The van der Waals surface area contributed by atoms with E-state index in [1.807, 2.05) is 48.8 Å². The number of thiazole rings is 1. The normalized spacial score (nSPS) is 12.5. The van der Waals surface area contributed by atoms with E-state index in [9.17, 15) is 5.11 Å². The molecule has 1 N–H and O–H groups in total. The van der Waals surface area contributed by atoms with Crippen LogP contribution in [0.5, 0.6) is 0 Å². The first-order valence-electron chi connectivity index (χ1n) is 5.92. The van der Waals surface area contributed by atoms with Crippen LogP contribution < -0.4 is 0 Å². The molecule has 5 heteroatoms. The van der Waals surface area contributed by atoms with Crippen LogP contribution in [0.3, 0.4) is 0 Å². The molecule has 1 unspecified atom stereocenters. The van der Waals surface area contributed by atoms with E-state index in [1.54, 1.807) is 10.9 Å². The molecule has 1 aromatic carbocycles. The van der Waals surface area contributed by atoms with E-state index in [1.165, 1.54) is 11.3 Å². The van der Waals surface area contributed by atoms with Gasteiger partial charge in [0.2, 0.25) is 0 Å². The van der Waals surface area contributed by atoms with Crippen molar-refractivity contribution in [3.8, 4) is 11.4 Å². The monoisotopic (exact) mass is 271 g/mol. The Hall–Kier alpha value is -1.98. The third-order valence-electron chi connectivity index (χ3n) is 2.95. The summed E-state index contributed by atoms with van der Waals surface area (Å²) in [4.78, 5) is 4.50. The second-order valence-corrected chi connectivity index (χ2v) is 5.11.